The topological polar surface area (TPSA) is 59.9 Å². The molecular formula is C8H11ClN2O2S2. The molecule has 0 N–H and O–H groups in total. The average Bonchev–Trinajstić information content (AvgIpc) is 2.73. The molecule has 1 fully saturated rings. The first-order valence-corrected chi connectivity index (χ1v) is 7.86. The first-order valence-electron chi connectivity index (χ1n) is 4.69. The number of alkyl halides is 1. The van der Waals surface area contributed by atoms with E-state index in [1.807, 2.05) is 0 Å². The lowest BCUT2D eigenvalue weighted by Gasteiger charge is -1.99. The van der Waals surface area contributed by atoms with Crippen LogP contribution in [0.15, 0.2) is 0 Å². The second-order valence-corrected chi connectivity index (χ2v) is 7.27. The fraction of sp³-hybridized carbons (Fsp3) is 0.750. The second-order valence-electron chi connectivity index (χ2n) is 3.57. The van der Waals surface area contributed by atoms with Crippen molar-refractivity contribution in [2.45, 2.75) is 18.8 Å². The zero-order chi connectivity index (χ0) is 10.9. The summed E-state index contributed by atoms with van der Waals surface area (Å²) in [5.74, 6) is 1.08. The molecule has 1 atom stereocenters. The van der Waals surface area contributed by atoms with E-state index < -0.39 is 9.84 Å². The third-order valence-corrected chi connectivity index (χ3v) is 5.47. The molecule has 0 aliphatic carbocycles. The van der Waals surface area contributed by atoms with Crippen LogP contribution in [-0.2, 0) is 16.3 Å². The van der Waals surface area contributed by atoms with Crippen LogP contribution in [0.4, 0.5) is 0 Å². The molecule has 1 aromatic rings. The van der Waals surface area contributed by atoms with Crippen LogP contribution in [0.3, 0.4) is 0 Å². The number of halogens is 1. The van der Waals surface area contributed by atoms with E-state index in [1.54, 1.807) is 0 Å². The SMILES string of the molecule is O=S1(=O)CCC(c2nnc(CCCl)s2)C1. The van der Waals surface area contributed by atoms with E-state index in [0.29, 0.717) is 18.7 Å². The van der Waals surface area contributed by atoms with E-state index in [1.165, 1.54) is 11.3 Å². The number of hydrogen-bond donors (Lipinski definition) is 0. The molecule has 1 aliphatic rings. The Morgan fingerprint density at radius 3 is 2.87 bits per heavy atom. The van der Waals surface area contributed by atoms with Crippen molar-refractivity contribution in [1.29, 1.82) is 0 Å². The third kappa shape index (κ3) is 2.68. The van der Waals surface area contributed by atoms with Crippen LogP contribution in [0.1, 0.15) is 22.4 Å². The molecule has 2 rings (SSSR count). The minimum Gasteiger partial charge on any atom is -0.229 e. The molecule has 0 bridgehead atoms. The lowest BCUT2D eigenvalue weighted by atomic mass is 10.1. The van der Waals surface area contributed by atoms with Gasteiger partial charge in [0.05, 0.1) is 11.5 Å². The fourth-order valence-corrected chi connectivity index (χ4v) is 4.72. The standard InChI is InChI=1S/C8H11ClN2O2S2/c9-3-1-7-10-11-8(14-7)6-2-4-15(12,13)5-6/h6H,1-5H2. The molecule has 2 heterocycles. The molecule has 1 unspecified atom stereocenters. The van der Waals surface area contributed by atoms with Gasteiger partial charge in [0.15, 0.2) is 9.84 Å². The first-order chi connectivity index (χ1) is 7.11. The number of nitrogens with zero attached hydrogens (tertiary/aromatic N) is 2. The Balaban J connectivity index is 2.10. The van der Waals surface area contributed by atoms with E-state index in [4.69, 9.17) is 11.6 Å². The molecule has 0 aromatic carbocycles. The van der Waals surface area contributed by atoms with Crippen molar-refractivity contribution < 1.29 is 8.42 Å². The summed E-state index contributed by atoms with van der Waals surface area (Å²) in [4.78, 5) is 0. The molecule has 4 nitrogen and oxygen atoms in total. The van der Waals surface area contributed by atoms with E-state index in [2.05, 4.69) is 10.2 Å². The van der Waals surface area contributed by atoms with Crippen molar-refractivity contribution in [3.05, 3.63) is 10.0 Å². The summed E-state index contributed by atoms with van der Waals surface area (Å²) in [7, 11) is -2.83. The third-order valence-electron chi connectivity index (χ3n) is 2.37. The van der Waals surface area contributed by atoms with Crippen LogP contribution in [0, 0.1) is 0 Å². The molecule has 7 heteroatoms. The number of sulfone groups is 1. The van der Waals surface area contributed by atoms with E-state index in [-0.39, 0.29) is 17.4 Å². The largest absolute Gasteiger partial charge is 0.229 e. The van der Waals surface area contributed by atoms with Gasteiger partial charge in [-0.25, -0.2) is 8.42 Å². The molecule has 0 amide bonds. The predicted octanol–water partition coefficient (Wildman–Crippen LogP) is 1.22. The highest BCUT2D eigenvalue weighted by Gasteiger charge is 2.31. The second kappa shape index (κ2) is 4.35. The first kappa shape index (κ1) is 11.3. The predicted molar refractivity (Wildman–Crippen MR) is 60.3 cm³/mol. The van der Waals surface area contributed by atoms with Crippen molar-refractivity contribution in [2.24, 2.45) is 0 Å². The Labute approximate surface area is 97.6 Å². The summed E-state index contributed by atoms with van der Waals surface area (Å²) in [6.07, 6.45) is 1.39. The number of rotatable bonds is 3. The van der Waals surface area contributed by atoms with Gasteiger partial charge in [0.1, 0.15) is 10.0 Å². The normalized spacial score (nSPS) is 24.5. The van der Waals surface area contributed by atoms with Gasteiger partial charge in [0.25, 0.3) is 0 Å². The maximum absolute atomic E-state index is 11.3. The Bertz CT molecular complexity index is 443. The van der Waals surface area contributed by atoms with Crippen LogP contribution < -0.4 is 0 Å². The van der Waals surface area contributed by atoms with Crippen molar-refractivity contribution in [3.8, 4) is 0 Å². The molecule has 0 saturated carbocycles. The van der Waals surface area contributed by atoms with E-state index in [0.717, 1.165) is 10.0 Å². The molecule has 1 aromatic heterocycles. The smallest absolute Gasteiger partial charge is 0.151 e. The molecular weight excluding hydrogens is 256 g/mol. The highest BCUT2D eigenvalue weighted by Crippen LogP contribution is 2.30. The molecule has 1 aliphatic heterocycles. The Hall–Kier alpha value is -0.200. The number of hydrogen-bond acceptors (Lipinski definition) is 5. The number of aromatic nitrogens is 2. The van der Waals surface area contributed by atoms with Crippen molar-refractivity contribution >= 4 is 32.8 Å². The number of aryl methyl sites for hydroxylation is 1. The molecule has 84 valence electrons. The molecule has 15 heavy (non-hydrogen) atoms. The van der Waals surface area contributed by atoms with Crippen LogP contribution in [-0.4, -0.2) is 36.0 Å². The van der Waals surface area contributed by atoms with Gasteiger partial charge in [0.2, 0.25) is 0 Å². The van der Waals surface area contributed by atoms with Gasteiger partial charge in [-0.2, -0.15) is 0 Å². The Morgan fingerprint density at radius 2 is 2.27 bits per heavy atom. The lowest BCUT2D eigenvalue weighted by Crippen LogP contribution is -2.03. The quantitative estimate of drug-likeness (QED) is 0.772. The van der Waals surface area contributed by atoms with E-state index in [9.17, 15) is 8.42 Å². The fourth-order valence-electron chi connectivity index (χ4n) is 1.60. The molecule has 1 saturated heterocycles. The zero-order valence-electron chi connectivity index (χ0n) is 8.02. The Morgan fingerprint density at radius 1 is 1.47 bits per heavy atom. The van der Waals surface area contributed by atoms with Crippen molar-refractivity contribution in [3.63, 3.8) is 0 Å². The van der Waals surface area contributed by atoms with Crippen LogP contribution in [0.5, 0.6) is 0 Å². The Kier molecular flexibility index (Phi) is 3.27. The average molecular weight is 267 g/mol. The van der Waals surface area contributed by atoms with Crippen LogP contribution in [0.25, 0.3) is 0 Å². The minimum atomic E-state index is -2.83. The van der Waals surface area contributed by atoms with Gasteiger partial charge in [-0.1, -0.05) is 0 Å². The minimum absolute atomic E-state index is 0.0524. The van der Waals surface area contributed by atoms with Gasteiger partial charge in [0, 0.05) is 18.2 Å². The summed E-state index contributed by atoms with van der Waals surface area (Å²) in [5, 5.41) is 9.75. The van der Waals surface area contributed by atoms with Gasteiger partial charge in [-0.3, -0.25) is 0 Å². The summed E-state index contributed by atoms with van der Waals surface area (Å²) in [6, 6.07) is 0. The maximum Gasteiger partial charge on any atom is 0.151 e. The summed E-state index contributed by atoms with van der Waals surface area (Å²) in [6.45, 7) is 0. The monoisotopic (exact) mass is 266 g/mol. The van der Waals surface area contributed by atoms with Crippen molar-refractivity contribution in [2.75, 3.05) is 17.4 Å². The summed E-state index contributed by atoms with van der Waals surface area (Å²) < 4.78 is 22.6. The lowest BCUT2D eigenvalue weighted by molar-refractivity contribution is 0.601. The van der Waals surface area contributed by atoms with Crippen molar-refractivity contribution in [1.82, 2.24) is 10.2 Å². The van der Waals surface area contributed by atoms with Gasteiger partial charge in [-0.05, 0) is 6.42 Å². The zero-order valence-corrected chi connectivity index (χ0v) is 10.4. The van der Waals surface area contributed by atoms with E-state index >= 15 is 0 Å². The van der Waals surface area contributed by atoms with Crippen LogP contribution >= 0.6 is 22.9 Å². The van der Waals surface area contributed by atoms with Gasteiger partial charge < -0.3 is 0 Å². The molecule has 0 radical (unpaired) electrons. The van der Waals surface area contributed by atoms with Gasteiger partial charge in [-0.15, -0.1) is 33.1 Å². The highest BCUT2D eigenvalue weighted by atomic mass is 35.5. The molecule has 0 spiro atoms. The highest BCUT2D eigenvalue weighted by molar-refractivity contribution is 7.91. The van der Waals surface area contributed by atoms with Crippen LogP contribution in [0.2, 0.25) is 0 Å². The van der Waals surface area contributed by atoms with Gasteiger partial charge >= 0.3 is 0 Å². The maximum atomic E-state index is 11.3. The summed E-state index contributed by atoms with van der Waals surface area (Å²) >= 11 is 7.08. The summed E-state index contributed by atoms with van der Waals surface area (Å²) in [5.41, 5.74) is 0.